The van der Waals surface area contributed by atoms with Gasteiger partial charge >= 0.3 is 5.69 Å². The summed E-state index contributed by atoms with van der Waals surface area (Å²) < 4.78 is 33.5. The van der Waals surface area contributed by atoms with Crippen LogP contribution in [0.1, 0.15) is 6.42 Å². The largest absolute Gasteiger partial charge is 0.395 e. The van der Waals surface area contributed by atoms with Crippen molar-refractivity contribution in [2.24, 2.45) is 7.05 Å². The number of halogens is 2. The fraction of sp³-hybridized carbons (Fsp3) is 0.250. The summed E-state index contributed by atoms with van der Waals surface area (Å²) in [6.45, 7) is 1.92. The first-order valence-corrected chi connectivity index (χ1v) is 11.0. The molecule has 0 radical (unpaired) electrons. The van der Waals surface area contributed by atoms with Crippen molar-refractivity contribution < 1.29 is 13.9 Å². The number of aryl methyl sites for hydroxylation is 2. The molecule has 176 valence electrons. The minimum absolute atomic E-state index is 0.0696. The molecule has 34 heavy (non-hydrogen) atoms. The van der Waals surface area contributed by atoms with Crippen LogP contribution in [0.3, 0.4) is 0 Å². The van der Waals surface area contributed by atoms with E-state index in [9.17, 15) is 13.6 Å². The molecule has 0 aliphatic rings. The summed E-state index contributed by atoms with van der Waals surface area (Å²) in [5.74, 6) is -0.492. The van der Waals surface area contributed by atoms with E-state index in [0.717, 1.165) is 17.5 Å². The Morgan fingerprint density at radius 2 is 1.76 bits per heavy atom. The first-order chi connectivity index (χ1) is 16.5. The van der Waals surface area contributed by atoms with Crippen molar-refractivity contribution in [2.75, 3.05) is 19.7 Å². The number of aliphatic hydroxyl groups is 1. The van der Waals surface area contributed by atoms with Crippen LogP contribution in [0, 0.1) is 11.6 Å². The van der Waals surface area contributed by atoms with E-state index < -0.39 is 17.3 Å². The van der Waals surface area contributed by atoms with Crippen molar-refractivity contribution in [3.63, 3.8) is 0 Å². The lowest BCUT2D eigenvalue weighted by Gasteiger charge is -2.06. The summed E-state index contributed by atoms with van der Waals surface area (Å²) in [5.41, 5.74) is 2.17. The van der Waals surface area contributed by atoms with Gasteiger partial charge in [0.15, 0.2) is 5.82 Å². The Morgan fingerprint density at radius 1 is 1.03 bits per heavy atom. The number of hydrogen-bond donors (Lipinski definition) is 3. The maximum Gasteiger partial charge on any atom is 0.348 e. The van der Waals surface area contributed by atoms with Crippen molar-refractivity contribution in [2.45, 2.75) is 13.0 Å². The Bertz CT molecular complexity index is 1540. The molecule has 10 heteroatoms. The quantitative estimate of drug-likeness (QED) is 0.307. The van der Waals surface area contributed by atoms with Gasteiger partial charge in [-0.2, -0.15) is 5.10 Å². The van der Waals surface area contributed by atoms with Crippen molar-refractivity contribution in [3.8, 4) is 17.1 Å². The van der Waals surface area contributed by atoms with E-state index in [1.54, 1.807) is 18.3 Å². The normalized spacial score (nSPS) is 11.8. The van der Waals surface area contributed by atoms with Crippen LogP contribution < -0.4 is 11.0 Å². The van der Waals surface area contributed by atoms with Gasteiger partial charge in [0.2, 0.25) is 0 Å². The second kappa shape index (κ2) is 8.88. The molecule has 3 heterocycles. The second-order valence-electron chi connectivity index (χ2n) is 8.20. The van der Waals surface area contributed by atoms with Gasteiger partial charge in [-0.25, -0.2) is 23.2 Å². The van der Waals surface area contributed by atoms with Gasteiger partial charge in [-0.3, -0.25) is 0 Å². The zero-order valence-corrected chi connectivity index (χ0v) is 18.6. The summed E-state index contributed by atoms with van der Waals surface area (Å²) in [7, 11) is 1.84. The molecule has 0 saturated carbocycles. The predicted molar refractivity (Wildman–Crippen MR) is 126 cm³/mol. The third kappa shape index (κ3) is 3.80. The number of benzene rings is 2. The summed E-state index contributed by atoms with van der Waals surface area (Å²) in [6, 6.07) is 8.95. The van der Waals surface area contributed by atoms with Crippen LogP contribution in [0.15, 0.2) is 53.6 Å². The molecule has 0 aliphatic heterocycles. The van der Waals surface area contributed by atoms with Crippen LogP contribution in [0.25, 0.3) is 38.9 Å². The fourth-order valence-electron chi connectivity index (χ4n) is 4.44. The van der Waals surface area contributed by atoms with Crippen LogP contribution in [0.4, 0.5) is 8.78 Å². The zero-order chi connectivity index (χ0) is 23.8. The summed E-state index contributed by atoms with van der Waals surface area (Å²) >= 11 is 0. The minimum Gasteiger partial charge on any atom is -0.395 e. The molecule has 2 aromatic carbocycles. The minimum atomic E-state index is -0.476. The third-order valence-corrected chi connectivity index (χ3v) is 5.97. The second-order valence-corrected chi connectivity index (χ2v) is 8.20. The number of rotatable bonds is 8. The number of nitrogens with one attached hydrogen (secondary N) is 2. The van der Waals surface area contributed by atoms with Crippen LogP contribution >= 0.6 is 0 Å². The van der Waals surface area contributed by atoms with Crippen LogP contribution in [0.2, 0.25) is 0 Å². The molecule has 0 aliphatic carbocycles. The Labute approximate surface area is 193 Å². The number of aromatic nitrogens is 5. The van der Waals surface area contributed by atoms with E-state index >= 15 is 0 Å². The molecule has 0 unspecified atom stereocenters. The Balaban J connectivity index is 1.65. The highest BCUT2D eigenvalue weighted by molar-refractivity contribution is 5.96. The van der Waals surface area contributed by atoms with Gasteiger partial charge in [0.1, 0.15) is 11.6 Å². The average molecular weight is 466 g/mol. The number of H-pyrrole nitrogens is 1. The molecule has 0 fully saturated rings. The monoisotopic (exact) mass is 466 g/mol. The summed E-state index contributed by atoms with van der Waals surface area (Å²) in [4.78, 5) is 12.9. The Hall–Kier alpha value is -3.76. The topological polar surface area (TPSA) is 92.8 Å². The molecule has 5 aromatic rings. The summed E-state index contributed by atoms with van der Waals surface area (Å²) in [6.07, 6.45) is 4.38. The van der Waals surface area contributed by atoms with Gasteiger partial charge in [-0.05, 0) is 49.4 Å². The molecule has 0 amide bonds. The predicted octanol–water partition coefficient (Wildman–Crippen LogP) is 2.92. The van der Waals surface area contributed by atoms with E-state index in [-0.39, 0.29) is 6.61 Å². The van der Waals surface area contributed by atoms with Crippen molar-refractivity contribution in [3.05, 3.63) is 70.9 Å². The third-order valence-electron chi connectivity index (χ3n) is 5.97. The van der Waals surface area contributed by atoms with Gasteiger partial charge in [0, 0.05) is 54.4 Å². The molecule has 0 atom stereocenters. The van der Waals surface area contributed by atoms with E-state index in [1.807, 2.05) is 22.4 Å². The standard InChI is InChI=1S/C24H24F2N6O2/c1-30-13-19(17-11-15(25)3-5-20(17)30)23-28-29-24(34)32(23)22-14-31(9-2-7-27-8-10-33)21-6-4-16(26)12-18(21)22/h3-6,11-14,27,33H,2,7-10H2,1H3,(H,29,34). The molecular formula is C24H24F2N6O2. The molecule has 0 saturated heterocycles. The zero-order valence-electron chi connectivity index (χ0n) is 18.6. The van der Waals surface area contributed by atoms with Gasteiger partial charge in [0.05, 0.1) is 17.8 Å². The van der Waals surface area contributed by atoms with E-state index in [1.165, 1.54) is 28.8 Å². The molecular weight excluding hydrogens is 442 g/mol. The van der Waals surface area contributed by atoms with Crippen molar-refractivity contribution in [1.29, 1.82) is 0 Å². The van der Waals surface area contributed by atoms with Crippen LogP contribution in [0.5, 0.6) is 0 Å². The van der Waals surface area contributed by atoms with Crippen molar-refractivity contribution in [1.82, 2.24) is 29.2 Å². The van der Waals surface area contributed by atoms with Crippen LogP contribution in [-0.2, 0) is 13.6 Å². The lowest BCUT2D eigenvalue weighted by Crippen LogP contribution is -2.20. The van der Waals surface area contributed by atoms with E-state index in [2.05, 4.69) is 15.5 Å². The number of hydrogen-bond acceptors (Lipinski definition) is 4. The van der Waals surface area contributed by atoms with Gasteiger partial charge in [-0.1, -0.05) is 0 Å². The first-order valence-electron chi connectivity index (χ1n) is 11.0. The van der Waals surface area contributed by atoms with Crippen molar-refractivity contribution >= 4 is 21.8 Å². The maximum absolute atomic E-state index is 14.2. The molecule has 5 rings (SSSR count). The van der Waals surface area contributed by atoms with Gasteiger partial charge in [-0.15, -0.1) is 0 Å². The number of aromatic amines is 1. The highest BCUT2D eigenvalue weighted by Gasteiger charge is 2.21. The first kappa shape index (κ1) is 22.1. The lowest BCUT2D eigenvalue weighted by atomic mass is 10.1. The van der Waals surface area contributed by atoms with E-state index in [4.69, 9.17) is 5.11 Å². The lowest BCUT2D eigenvalue weighted by molar-refractivity contribution is 0.292. The Kier molecular flexibility index (Phi) is 5.76. The molecule has 0 spiro atoms. The number of fused-ring (bicyclic) bond motifs is 2. The number of nitrogens with zero attached hydrogens (tertiary/aromatic N) is 4. The Morgan fingerprint density at radius 3 is 2.53 bits per heavy atom. The molecule has 0 bridgehead atoms. The maximum atomic E-state index is 14.2. The highest BCUT2D eigenvalue weighted by atomic mass is 19.1. The smallest absolute Gasteiger partial charge is 0.348 e. The average Bonchev–Trinajstić information content (AvgIpc) is 3.46. The van der Waals surface area contributed by atoms with Gasteiger partial charge in [0.25, 0.3) is 0 Å². The molecule has 8 nitrogen and oxygen atoms in total. The highest BCUT2D eigenvalue weighted by Crippen LogP contribution is 2.32. The molecule has 3 N–H and O–H groups in total. The van der Waals surface area contributed by atoms with E-state index in [0.29, 0.717) is 47.5 Å². The van der Waals surface area contributed by atoms with Crippen LogP contribution in [-0.4, -0.2) is 48.7 Å². The number of aliphatic hydroxyl groups excluding tert-OH is 1. The summed E-state index contributed by atoms with van der Waals surface area (Å²) in [5, 5.41) is 20.0. The SMILES string of the molecule is Cn1cc(-c2n[nH]c(=O)n2-c2cn(CCCNCCO)c3ccc(F)cc23)c2cc(F)ccc21. The fourth-order valence-corrected chi connectivity index (χ4v) is 4.44. The molecule has 3 aromatic heterocycles. The van der Waals surface area contributed by atoms with Gasteiger partial charge < -0.3 is 19.6 Å².